The van der Waals surface area contributed by atoms with E-state index in [-0.39, 0.29) is 11.8 Å². The zero-order valence-corrected chi connectivity index (χ0v) is 14.0. The first-order valence-corrected chi connectivity index (χ1v) is 8.81. The second-order valence-electron chi connectivity index (χ2n) is 5.89. The molecule has 1 saturated heterocycles. The molecule has 1 aromatic carbocycles. The summed E-state index contributed by atoms with van der Waals surface area (Å²) in [5.74, 6) is 0.233. The van der Waals surface area contributed by atoms with Crippen molar-refractivity contribution in [3.63, 3.8) is 0 Å². The van der Waals surface area contributed by atoms with Crippen LogP contribution in [-0.2, 0) is 6.42 Å². The molecule has 1 N–H and O–H groups in total. The van der Waals surface area contributed by atoms with Gasteiger partial charge in [0, 0.05) is 13.1 Å². The van der Waals surface area contributed by atoms with Crippen molar-refractivity contribution < 1.29 is 9.90 Å². The van der Waals surface area contributed by atoms with E-state index in [1.165, 1.54) is 11.5 Å². The van der Waals surface area contributed by atoms with Crippen molar-refractivity contribution in [2.24, 2.45) is 5.92 Å². The van der Waals surface area contributed by atoms with E-state index in [9.17, 15) is 9.90 Å². The molecule has 6 heteroatoms. The highest BCUT2D eigenvalue weighted by atomic mass is 32.1. The molecule has 1 atom stereocenters. The van der Waals surface area contributed by atoms with Gasteiger partial charge in [-0.15, -0.1) is 5.10 Å². The van der Waals surface area contributed by atoms with Crippen molar-refractivity contribution in [2.45, 2.75) is 32.3 Å². The standard InChI is InChI=1S/C17H21N3O2S/c1-2-14-16(23-19-18-14)17(22)20-10-8-13(9-11-20)15(21)12-6-4-3-5-7-12/h3-7,13,15,21H,2,8-11H2,1H3. The first-order valence-electron chi connectivity index (χ1n) is 8.04. The number of aromatic nitrogens is 2. The van der Waals surface area contributed by atoms with E-state index in [1.807, 2.05) is 42.2 Å². The Bertz CT molecular complexity index is 651. The average molecular weight is 331 g/mol. The minimum absolute atomic E-state index is 0.0319. The topological polar surface area (TPSA) is 66.3 Å². The fourth-order valence-corrected chi connectivity index (χ4v) is 3.81. The fourth-order valence-electron chi connectivity index (χ4n) is 3.09. The monoisotopic (exact) mass is 331 g/mol. The Morgan fingerprint density at radius 1 is 1.35 bits per heavy atom. The molecular formula is C17H21N3O2S. The number of piperidine rings is 1. The maximum Gasteiger partial charge on any atom is 0.267 e. The van der Waals surface area contributed by atoms with E-state index in [0.717, 1.165) is 30.5 Å². The van der Waals surface area contributed by atoms with Gasteiger partial charge >= 0.3 is 0 Å². The van der Waals surface area contributed by atoms with Gasteiger partial charge in [0.2, 0.25) is 0 Å². The Balaban J connectivity index is 1.61. The summed E-state index contributed by atoms with van der Waals surface area (Å²) in [4.78, 5) is 15.1. The van der Waals surface area contributed by atoms with Crippen LogP contribution in [-0.4, -0.2) is 38.6 Å². The number of rotatable bonds is 4. The molecule has 0 bridgehead atoms. The van der Waals surface area contributed by atoms with Crippen molar-refractivity contribution in [3.05, 3.63) is 46.5 Å². The second kappa shape index (κ2) is 7.19. The van der Waals surface area contributed by atoms with Gasteiger partial charge in [-0.25, -0.2) is 0 Å². The summed E-state index contributed by atoms with van der Waals surface area (Å²) in [6, 6.07) is 9.75. The van der Waals surface area contributed by atoms with Gasteiger partial charge in [0.25, 0.3) is 5.91 Å². The zero-order chi connectivity index (χ0) is 16.2. The molecular weight excluding hydrogens is 310 g/mol. The zero-order valence-electron chi connectivity index (χ0n) is 13.2. The van der Waals surface area contributed by atoms with Crippen molar-refractivity contribution in [1.82, 2.24) is 14.5 Å². The molecule has 3 rings (SSSR count). The number of nitrogens with zero attached hydrogens (tertiary/aromatic N) is 3. The van der Waals surface area contributed by atoms with E-state index in [1.54, 1.807) is 0 Å². The predicted molar refractivity (Wildman–Crippen MR) is 89.3 cm³/mol. The number of hydrogen-bond donors (Lipinski definition) is 1. The summed E-state index contributed by atoms with van der Waals surface area (Å²) in [6.07, 6.45) is 1.90. The molecule has 23 heavy (non-hydrogen) atoms. The van der Waals surface area contributed by atoms with Gasteiger partial charge in [0.1, 0.15) is 4.88 Å². The summed E-state index contributed by atoms with van der Waals surface area (Å²) in [7, 11) is 0. The van der Waals surface area contributed by atoms with E-state index in [2.05, 4.69) is 9.59 Å². The molecule has 1 amide bonds. The number of aliphatic hydroxyl groups is 1. The maximum absolute atomic E-state index is 12.6. The van der Waals surface area contributed by atoms with Crippen LogP contribution in [0.3, 0.4) is 0 Å². The lowest BCUT2D eigenvalue weighted by molar-refractivity contribution is 0.0464. The lowest BCUT2D eigenvalue weighted by atomic mass is 9.87. The molecule has 2 aromatic rings. The normalized spacial score (nSPS) is 17.2. The minimum atomic E-state index is -0.454. The minimum Gasteiger partial charge on any atom is -0.388 e. The molecule has 2 heterocycles. The van der Waals surface area contributed by atoms with Crippen LogP contribution in [0.1, 0.15) is 46.8 Å². The SMILES string of the molecule is CCc1nnsc1C(=O)N1CCC(C(O)c2ccccc2)CC1. The number of carbonyl (C=O) groups excluding carboxylic acids is 1. The van der Waals surface area contributed by atoms with Crippen LogP contribution in [0.15, 0.2) is 30.3 Å². The van der Waals surface area contributed by atoms with E-state index >= 15 is 0 Å². The maximum atomic E-state index is 12.6. The number of aliphatic hydroxyl groups excluding tert-OH is 1. The molecule has 1 aromatic heterocycles. The van der Waals surface area contributed by atoms with E-state index in [4.69, 9.17) is 0 Å². The van der Waals surface area contributed by atoms with Gasteiger partial charge in [-0.2, -0.15) is 0 Å². The third-order valence-electron chi connectivity index (χ3n) is 4.50. The number of amides is 1. The van der Waals surface area contributed by atoms with Crippen molar-refractivity contribution >= 4 is 17.4 Å². The number of carbonyl (C=O) groups is 1. The van der Waals surface area contributed by atoms with Crippen LogP contribution in [0, 0.1) is 5.92 Å². The van der Waals surface area contributed by atoms with Crippen LogP contribution >= 0.6 is 11.5 Å². The van der Waals surface area contributed by atoms with Gasteiger partial charge in [0.15, 0.2) is 0 Å². The molecule has 0 radical (unpaired) electrons. The van der Waals surface area contributed by atoms with Gasteiger partial charge in [-0.1, -0.05) is 41.7 Å². The lowest BCUT2D eigenvalue weighted by Gasteiger charge is -2.34. The third kappa shape index (κ3) is 3.43. The molecule has 1 unspecified atom stereocenters. The van der Waals surface area contributed by atoms with Crippen molar-refractivity contribution in [2.75, 3.05) is 13.1 Å². The fraction of sp³-hybridized carbons (Fsp3) is 0.471. The quantitative estimate of drug-likeness (QED) is 0.935. The number of likely N-dealkylation sites (tertiary alicyclic amines) is 1. The average Bonchev–Trinajstić information content (AvgIpc) is 3.10. The molecule has 0 saturated carbocycles. The molecule has 122 valence electrons. The van der Waals surface area contributed by atoms with Crippen LogP contribution in [0.4, 0.5) is 0 Å². The lowest BCUT2D eigenvalue weighted by Crippen LogP contribution is -2.39. The highest BCUT2D eigenvalue weighted by molar-refractivity contribution is 7.08. The molecule has 1 aliphatic heterocycles. The summed E-state index contributed by atoms with van der Waals surface area (Å²) < 4.78 is 3.90. The smallest absolute Gasteiger partial charge is 0.267 e. The molecule has 0 spiro atoms. The third-order valence-corrected chi connectivity index (χ3v) is 5.26. The van der Waals surface area contributed by atoms with Crippen molar-refractivity contribution in [1.29, 1.82) is 0 Å². The second-order valence-corrected chi connectivity index (χ2v) is 6.64. The first kappa shape index (κ1) is 16.1. The Hall–Kier alpha value is -1.79. The molecule has 1 aliphatic rings. The van der Waals surface area contributed by atoms with Gasteiger partial charge in [-0.05, 0) is 42.3 Å². The number of hydrogen-bond acceptors (Lipinski definition) is 5. The largest absolute Gasteiger partial charge is 0.388 e. The van der Waals surface area contributed by atoms with E-state index < -0.39 is 6.10 Å². The van der Waals surface area contributed by atoms with Crippen LogP contribution < -0.4 is 0 Å². The van der Waals surface area contributed by atoms with Crippen molar-refractivity contribution in [3.8, 4) is 0 Å². The molecule has 0 aliphatic carbocycles. The van der Waals surface area contributed by atoms with Crippen LogP contribution in [0.2, 0.25) is 0 Å². The summed E-state index contributed by atoms with van der Waals surface area (Å²) in [5.41, 5.74) is 1.74. The predicted octanol–water partition coefficient (Wildman–Crippen LogP) is 2.69. The number of benzene rings is 1. The highest BCUT2D eigenvalue weighted by Crippen LogP contribution is 2.31. The van der Waals surface area contributed by atoms with Crippen LogP contribution in [0.25, 0.3) is 0 Å². The molecule has 1 fully saturated rings. The van der Waals surface area contributed by atoms with Gasteiger partial charge in [-0.3, -0.25) is 4.79 Å². The summed E-state index contributed by atoms with van der Waals surface area (Å²) in [5, 5.41) is 14.5. The van der Waals surface area contributed by atoms with Crippen LogP contribution in [0.5, 0.6) is 0 Å². The molecule has 5 nitrogen and oxygen atoms in total. The Labute approximate surface area is 140 Å². The summed E-state index contributed by atoms with van der Waals surface area (Å²) in [6.45, 7) is 3.33. The Kier molecular flexibility index (Phi) is 5.03. The Morgan fingerprint density at radius 2 is 2.04 bits per heavy atom. The van der Waals surface area contributed by atoms with E-state index in [0.29, 0.717) is 18.0 Å². The summed E-state index contributed by atoms with van der Waals surface area (Å²) >= 11 is 1.18. The van der Waals surface area contributed by atoms with Gasteiger partial charge < -0.3 is 10.0 Å². The van der Waals surface area contributed by atoms with Gasteiger partial charge in [0.05, 0.1) is 11.8 Å². The first-order chi connectivity index (χ1) is 11.2. The Morgan fingerprint density at radius 3 is 2.70 bits per heavy atom. The number of aryl methyl sites for hydroxylation is 1. The highest BCUT2D eigenvalue weighted by Gasteiger charge is 2.30.